The molecule has 2 amide bonds. The number of aryl methyl sites for hydroxylation is 3. The van der Waals surface area contributed by atoms with Gasteiger partial charge in [-0.3, -0.25) is 23.6 Å². The first-order chi connectivity index (χ1) is 12.8. The van der Waals surface area contributed by atoms with Gasteiger partial charge in [-0.05, 0) is 26.8 Å². The van der Waals surface area contributed by atoms with Crippen molar-refractivity contribution in [3.63, 3.8) is 0 Å². The summed E-state index contributed by atoms with van der Waals surface area (Å²) >= 11 is 0. The van der Waals surface area contributed by atoms with Crippen molar-refractivity contribution in [2.24, 2.45) is 14.1 Å². The highest BCUT2D eigenvalue weighted by atomic mass is 16.2. The van der Waals surface area contributed by atoms with Crippen LogP contribution >= 0.6 is 0 Å². The van der Waals surface area contributed by atoms with Gasteiger partial charge in [-0.2, -0.15) is 15.3 Å². The van der Waals surface area contributed by atoms with E-state index >= 15 is 0 Å². The molecule has 0 saturated heterocycles. The number of carbonyl (C=O) groups is 2. The molecular formula is C17H22N8O2. The van der Waals surface area contributed by atoms with Crippen LogP contribution in [-0.4, -0.2) is 41.2 Å². The van der Waals surface area contributed by atoms with Crippen LogP contribution in [0.25, 0.3) is 0 Å². The zero-order valence-corrected chi connectivity index (χ0v) is 15.9. The lowest BCUT2D eigenvalue weighted by molar-refractivity contribution is -0.119. The van der Waals surface area contributed by atoms with Crippen LogP contribution in [0.2, 0.25) is 0 Å². The second-order valence-corrected chi connectivity index (χ2v) is 6.33. The Labute approximate surface area is 156 Å². The van der Waals surface area contributed by atoms with Gasteiger partial charge in [0.2, 0.25) is 5.91 Å². The molecule has 0 aliphatic rings. The molecule has 0 bridgehead atoms. The average Bonchev–Trinajstić information content (AvgIpc) is 3.30. The molecular weight excluding hydrogens is 348 g/mol. The van der Waals surface area contributed by atoms with E-state index in [4.69, 9.17) is 0 Å². The molecule has 142 valence electrons. The summed E-state index contributed by atoms with van der Waals surface area (Å²) in [5, 5.41) is 17.9. The molecule has 0 radical (unpaired) electrons. The zero-order chi connectivity index (χ0) is 19.7. The Morgan fingerprint density at radius 3 is 2.26 bits per heavy atom. The normalized spacial score (nSPS) is 12.0. The van der Waals surface area contributed by atoms with Crippen LogP contribution < -0.4 is 10.6 Å². The van der Waals surface area contributed by atoms with Gasteiger partial charge in [0, 0.05) is 26.0 Å². The standard InChI is InChI=1S/C17H22N8O2/c1-10-6-7-18-25(10)12(3)16(26)22-14-9-20-24(5)15(14)17(27)21-13-8-19-23(4)11(13)2/h6-9,12H,1-5H3,(H,21,27)(H,22,26). The van der Waals surface area contributed by atoms with Crippen LogP contribution in [0.3, 0.4) is 0 Å². The van der Waals surface area contributed by atoms with Crippen molar-refractivity contribution in [3.8, 4) is 0 Å². The van der Waals surface area contributed by atoms with Crippen molar-refractivity contribution in [3.05, 3.63) is 41.7 Å². The monoisotopic (exact) mass is 370 g/mol. The number of nitrogens with zero attached hydrogens (tertiary/aromatic N) is 6. The Kier molecular flexibility index (Phi) is 4.80. The quantitative estimate of drug-likeness (QED) is 0.705. The van der Waals surface area contributed by atoms with Gasteiger partial charge in [-0.25, -0.2) is 0 Å². The smallest absolute Gasteiger partial charge is 0.276 e. The molecule has 1 atom stereocenters. The summed E-state index contributed by atoms with van der Waals surface area (Å²) in [6.45, 7) is 5.46. The fourth-order valence-electron chi connectivity index (χ4n) is 2.74. The minimum absolute atomic E-state index is 0.246. The number of amides is 2. The molecule has 3 aromatic rings. The number of carbonyl (C=O) groups excluding carboxylic acids is 2. The van der Waals surface area contributed by atoms with Crippen LogP contribution in [0, 0.1) is 13.8 Å². The van der Waals surface area contributed by atoms with Crippen molar-refractivity contribution in [1.82, 2.24) is 29.3 Å². The summed E-state index contributed by atoms with van der Waals surface area (Å²) in [4.78, 5) is 25.3. The third-order valence-electron chi connectivity index (χ3n) is 4.51. The minimum atomic E-state index is -0.531. The topological polar surface area (TPSA) is 112 Å². The highest BCUT2D eigenvalue weighted by Crippen LogP contribution is 2.20. The second kappa shape index (κ2) is 7.06. The maximum Gasteiger partial charge on any atom is 0.276 e. The third-order valence-corrected chi connectivity index (χ3v) is 4.51. The Morgan fingerprint density at radius 2 is 1.67 bits per heavy atom. The minimum Gasteiger partial charge on any atom is -0.321 e. The molecule has 1 unspecified atom stereocenters. The highest BCUT2D eigenvalue weighted by Gasteiger charge is 2.23. The summed E-state index contributed by atoms with van der Waals surface area (Å²) in [6.07, 6.45) is 4.66. The van der Waals surface area contributed by atoms with Crippen LogP contribution in [0.15, 0.2) is 24.7 Å². The molecule has 0 fully saturated rings. The lowest BCUT2D eigenvalue weighted by Gasteiger charge is -2.14. The van der Waals surface area contributed by atoms with Crippen molar-refractivity contribution in [2.45, 2.75) is 26.8 Å². The summed E-state index contributed by atoms with van der Waals surface area (Å²) in [7, 11) is 3.43. The van der Waals surface area contributed by atoms with Crippen molar-refractivity contribution in [2.75, 3.05) is 10.6 Å². The van der Waals surface area contributed by atoms with Crippen LogP contribution in [0.5, 0.6) is 0 Å². The molecule has 3 aromatic heterocycles. The molecule has 2 N–H and O–H groups in total. The lowest BCUT2D eigenvalue weighted by atomic mass is 10.2. The van der Waals surface area contributed by atoms with Gasteiger partial charge in [0.1, 0.15) is 11.7 Å². The fraction of sp³-hybridized carbons (Fsp3) is 0.353. The fourth-order valence-corrected chi connectivity index (χ4v) is 2.74. The third kappa shape index (κ3) is 3.46. The number of nitrogens with one attached hydrogen (secondary N) is 2. The van der Waals surface area contributed by atoms with Gasteiger partial charge < -0.3 is 10.6 Å². The molecule has 0 aromatic carbocycles. The first kappa shape index (κ1) is 18.4. The lowest BCUT2D eigenvalue weighted by Crippen LogP contribution is -2.26. The summed E-state index contributed by atoms with van der Waals surface area (Å²) < 4.78 is 4.70. The average molecular weight is 370 g/mol. The molecule has 3 heterocycles. The number of aromatic nitrogens is 6. The molecule has 0 spiro atoms. The molecule has 10 heteroatoms. The summed E-state index contributed by atoms with van der Waals surface area (Å²) in [6, 6.07) is 1.29. The summed E-state index contributed by atoms with van der Waals surface area (Å²) in [5.41, 5.74) is 2.86. The maximum absolute atomic E-state index is 12.7. The van der Waals surface area contributed by atoms with E-state index < -0.39 is 6.04 Å². The Morgan fingerprint density at radius 1 is 1.00 bits per heavy atom. The Bertz CT molecular complexity index is 997. The first-order valence-electron chi connectivity index (χ1n) is 8.42. The molecule has 3 rings (SSSR count). The predicted octanol–water partition coefficient (Wildman–Crippen LogP) is 1.42. The molecule has 27 heavy (non-hydrogen) atoms. The number of rotatable bonds is 5. The Hall–Kier alpha value is -3.43. The van der Waals surface area contributed by atoms with Gasteiger partial charge in [-0.15, -0.1) is 0 Å². The molecule has 0 aliphatic carbocycles. The maximum atomic E-state index is 12.7. The van der Waals surface area contributed by atoms with Gasteiger partial charge >= 0.3 is 0 Å². The van der Waals surface area contributed by atoms with E-state index in [9.17, 15) is 9.59 Å². The van der Waals surface area contributed by atoms with Crippen molar-refractivity contribution < 1.29 is 9.59 Å². The van der Waals surface area contributed by atoms with E-state index in [1.807, 2.05) is 19.9 Å². The van der Waals surface area contributed by atoms with E-state index in [0.717, 1.165) is 11.4 Å². The first-order valence-corrected chi connectivity index (χ1v) is 8.42. The highest BCUT2D eigenvalue weighted by molar-refractivity contribution is 6.09. The number of anilines is 2. The van der Waals surface area contributed by atoms with E-state index in [1.165, 1.54) is 10.9 Å². The van der Waals surface area contributed by atoms with Crippen molar-refractivity contribution >= 4 is 23.2 Å². The predicted molar refractivity (Wildman–Crippen MR) is 99.4 cm³/mol. The van der Waals surface area contributed by atoms with E-state index in [-0.39, 0.29) is 17.5 Å². The van der Waals surface area contributed by atoms with Crippen molar-refractivity contribution in [1.29, 1.82) is 0 Å². The molecule has 0 saturated carbocycles. The number of hydrogen-bond acceptors (Lipinski definition) is 5. The van der Waals surface area contributed by atoms with Gasteiger partial charge in [0.15, 0.2) is 0 Å². The zero-order valence-electron chi connectivity index (χ0n) is 15.9. The largest absolute Gasteiger partial charge is 0.321 e. The van der Waals surface area contributed by atoms with Gasteiger partial charge in [0.25, 0.3) is 5.91 Å². The van der Waals surface area contributed by atoms with Crippen LogP contribution in [0.4, 0.5) is 11.4 Å². The van der Waals surface area contributed by atoms with Crippen LogP contribution in [-0.2, 0) is 18.9 Å². The van der Waals surface area contributed by atoms with Crippen LogP contribution in [0.1, 0.15) is 34.8 Å². The second-order valence-electron chi connectivity index (χ2n) is 6.33. The molecule has 0 aliphatic heterocycles. The SMILES string of the molecule is Cc1c(NC(=O)c2c(NC(=O)C(C)n3nccc3C)cnn2C)cnn1C. The Balaban J connectivity index is 1.80. The van der Waals surface area contributed by atoms with E-state index in [0.29, 0.717) is 11.4 Å². The van der Waals surface area contributed by atoms with E-state index in [2.05, 4.69) is 25.9 Å². The van der Waals surface area contributed by atoms with Gasteiger partial charge in [0.05, 0.1) is 29.5 Å². The summed E-state index contributed by atoms with van der Waals surface area (Å²) in [5.74, 6) is -0.675. The van der Waals surface area contributed by atoms with Gasteiger partial charge in [-0.1, -0.05) is 0 Å². The molecule has 10 nitrogen and oxygen atoms in total. The number of hydrogen-bond donors (Lipinski definition) is 2. The van der Waals surface area contributed by atoms with E-state index in [1.54, 1.807) is 42.8 Å².